The van der Waals surface area contributed by atoms with Crippen LogP contribution in [0.1, 0.15) is 31.0 Å². The maximum Gasteiger partial charge on any atom is 0.341 e. The van der Waals surface area contributed by atoms with Crippen molar-refractivity contribution in [2.75, 3.05) is 20.3 Å². The van der Waals surface area contributed by atoms with Gasteiger partial charge in [0.25, 0.3) is 5.56 Å². The average molecular weight is 656 g/mol. The molecule has 0 unspecified atom stereocenters. The number of benzene rings is 2. The second-order valence-corrected chi connectivity index (χ2v) is 10.9. The number of esters is 1. The largest absolute Gasteiger partial charge is 0.496 e. The van der Waals surface area contributed by atoms with Gasteiger partial charge in [0.2, 0.25) is 0 Å². The van der Waals surface area contributed by atoms with Crippen LogP contribution in [0.15, 0.2) is 55.9 Å². The van der Waals surface area contributed by atoms with Gasteiger partial charge in [0.05, 0.1) is 50.1 Å². The fraction of sp³-hybridized carbons (Fsp3) is 0.231. The Balaban J connectivity index is 1.88. The number of aliphatic carboxylic acids is 1. The number of aromatic nitrogens is 1. The predicted molar refractivity (Wildman–Crippen MR) is 151 cm³/mol. The average Bonchev–Trinajstić information content (AvgIpc) is 3.16. The van der Waals surface area contributed by atoms with Gasteiger partial charge in [0, 0.05) is 0 Å². The van der Waals surface area contributed by atoms with Crippen LogP contribution in [-0.2, 0) is 14.3 Å². The zero-order valence-corrected chi connectivity index (χ0v) is 24.7. The van der Waals surface area contributed by atoms with Crippen LogP contribution < -0.4 is 24.4 Å². The molecule has 1 aromatic heterocycles. The molecule has 204 valence electrons. The molecular weight excluding hydrogens is 635 g/mol. The molecule has 0 saturated carbocycles. The van der Waals surface area contributed by atoms with Gasteiger partial charge in [0.15, 0.2) is 17.2 Å². The van der Waals surface area contributed by atoms with Gasteiger partial charge in [-0.25, -0.2) is 14.6 Å². The van der Waals surface area contributed by atoms with Gasteiger partial charge in [-0.15, -0.1) is 0 Å². The van der Waals surface area contributed by atoms with Crippen LogP contribution >= 0.6 is 50.5 Å². The van der Waals surface area contributed by atoms with E-state index in [0.717, 1.165) is 11.3 Å². The molecule has 9 nitrogen and oxygen atoms in total. The molecule has 0 spiro atoms. The number of nitrogens with zero attached hydrogens (tertiary/aromatic N) is 2. The number of allylic oxidation sites excluding steroid dienone is 1. The van der Waals surface area contributed by atoms with Gasteiger partial charge in [-0.3, -0.25) is 9.36 Å². The Kier molecular flexibility index (Phi) is 8.85. The van der Waals surface area contributed by atoms with E-state index in [4.69, 9.17) is 42.5 Å². The molecule has 2 heterocycles. The lowest BCUT2D eigenvalue weighted by atomic mass is 9.96. The lowest BCUT2D eigenvalue weighted by Crippen LogP contribution is -2.40. The highest BCUT2D eigenvalue weighted by Gasteiger charge is 2.33. The molecule has 1 atom stereocenters. The Labute approximate surface area is 244 Å². The van der Waals surface area contributed by atoms with Crippen molar-refractivity contribution in [3.8, 4) is 11.5 Å². The summed E-state index contributed by atoms with van der Waals surface area (Å²) in [5.41, 5.74) is 1.44. The van der Waals surface area contributed by atoms with Gasteiger partial charge >= 0.3 is 11.9 Å². The van der Waals surface area contributed by atoms with E-state index in [-0.39, 0.29) is 33.5 Å². The number of hydrogen-bond acceptors (Lipinski definition) is 8. The minimum Gasteiger partial charge on any atom is -0.496 e. The molecule has 2 aromatic carbocycles. The van der Waals surface area contributed by atoms with Crippen LogP contribution in [0.25, 0.3) is 6.08 Å². The number of carbonyl (C=O) groups excluding carboxylic acids is 1. The highest BCUT2D eigenvalue weighted by Crippen LogP contribution is 2.36. The molecule has 0 fully saturated rings. The van der Waals surface area contributed by atoms with Crippen molar-refractivity contribution in [1.82, 2.24) is 4.57 Å². The second kappa shape index (κ2) is 12.0. The maximum atomic E-state index is 13.8. The van der Waals surface area contributed by atoms with Gasteiger partial charge in [-0.05, 0) is 71.2 Å². The van der Waals surface area contributed by atoms with Crippen LogP contribution in [0.2, 0.25) is 10.0 Å². The lowest BCUT2D eigenvalue weighted by molar-refractivity contribution is -0.140. The summed E-state index contributed by atoms with van der Waals surface area (Å²) in [4.78, 5) is 42.6. The summed E-state index contributed by atoms with van der Waals surface area (Å²) >= 11 is 17.2. The predicted octanol–water partition coefficient (Wildman–Crippen LogP) is 4.34. The highest BCUT2D eigenvalue weighted by atomic mass is 79.9. The summed E-state index contributed by atoms with van der Waals surface area (Å²) < 4.78 is 18.2. The zero-order chi connectivity index (χ0) is 28.4. The van der Waals surface area contributed by atoms with Crippen LogP contribution in [0.3, 0.4) is 0 Å². The molecule has 0 aliphatic carbocycles. The molecule has 0 amide bonds. The van der Waals surface area contributed by atoms with Crippen LogP contribution in [0.4, 0.5) is 0 Å². The standard InChI is InChI=1S/C26H21BrCl2N2O7S/c1-4-37-25(35)21-12(2)30-26-31(22(21)14-5-6-18(36-3)15(27)10-14)24(34)19(39-26)9-13-7-16(28)23(17(29)8-13)38-11-20(32)33/h5-10,22H,4,11H2,1-3H3,(H,32,33)/b19-9-/t22-/m1/s1. The summed E-state index contributed by atoms with van der Waals surface area (Å²) in [5.74, 6) is -1.13. The molecule has 1 aliphatic rings. The summed E-state index contributed by atoms with van der Waals surface area (Å²) in [5, 5.41) is 9.03. The van der Waals surface area contributed by atoms with Crippen LogP contribution in [0.5, 0.6) is 11.5 Å². The minimum absolute atomic E-state index is 0.0270. The Morgan fingerprint density at radius 2 is 1.92 bits per heavy atom. The quantitative estimate of drug-likeness (QED) is 0.359. The van der Waals surface area contributed by atoms with Crippen molar-refractivity contribution in [2.45, 2.75) is 19.9 Å². The van der Waals surface area contributed by atoms with E-state index in [0.29, 0.717) is 36.4 Å². The molecule has 0 saturated heterocycles. The van der Waals surface area contributed by atoms with Crippen molar-refractivity contribution < 1.29 is 28.9 Å². The fourth-order valence-electron chi connectivity index (χ4n) is 4.05. The van der Waals surface area contributed by atoms with Crippen molar-refractivity contribution in [3.05, 3.63) is 86.9 Å². The Morgan fingerprint density at radius 1 is 1.23 bits per heavy atom. The molecule has 4 rings (SSSR count). The molecule has 39 heavy (non-hydrogen) atoms. The first-order valence-electron chi connectivity index (χ1n) is 11.4. The molecule has 1 N–H and O–H groups in total. The number of halogens is 3. The third-order valence-corrected chi connectivity index (χ3v) is 7.83. The number of methoxy groups -OCH3 is 1. The zero-order valence-electron chi connectivity index (χ0n) is 20.8. The molecule has 13 heteroatoms. The van der Waals surface area contributed by atoms with Gasteiger partial charge in [0.1, 0.15) is 5.75 Å². The number of fused-ring (bicyclic) bond motifs is 1. The molecular formula is C26H21BrCl2N2O7S. The van der Waals surface area contributed by atoms with Crippen LogP contribution in [-0.4, -0.2) is 41.9 Å². The number of thiazole rings is 1. The lowest BCUT2D eigenvalue weighted by Gasteiger charge is -2.25. The Hall–Kier alpha value is -3.12. The number of carboxylic acid groups (broad SMARTS) is 1. The topological polar surface area (TPSA) is 116 Å². The van der Waals surface area contributed by atoms with Crippen LogP contribution in [0, 0.1) is 0 Å². The van der Waals surface area contributed by atoms with E-state index < -0.39 is 24.6 Å². The number of carboxylic acids is 1. The van der Waals surface area contributed by atoms with E-state index >= 15 is 0 Å². The van der Waals surface area contributed by atoms with E-state index in [9.17, 15) is 14.4 Å². The normalized spacial score (nSPS) is 15.0. The van der Waals surface area contributed by atoms with E-state index in [1.54, 1.807) is 45.2 Å². The highest BCUT2D eigenvalue weighted by molar-refractivity contribution is 9.10. The first kappa shape index (κ1) is 28.9. The van der Waals surface area contributed by atoms with E-state index in [1.165, 1.54) is 16.7 Å². The maximum absolute atomic E-state index is 13.8. The van der Waals surface area contributed by atoms with Crippen molar-refractivity contribution in [2.24, 2.45) is 4.99 Å². The summed E-state index contributed by atoms with van der Waals surface area (Å²) in [6, 6.07) is 7.52. The molecule has 0 radical (unpaired) electrons. The third kappa shape index (κ3) is 5.91. The fourth-order valence-corrected chi connectivity index (χ4v) is 6.26. The second-order valence-electron chi connectivity index (χ2n) is 8.19. The van der Waals surface area contributed by atoms with E-state index in [1.807, 2.05) is 0 Å². The summed E-state index contributed by atoms with van der Waals surface area (Å²) in [7, 11) is 1.54. The number of hydrogen-bond donors (Lipinski definition) is 1. The molecule has 3 aromatic rings. The molecule has 1 aliphatic heterocycles. The molecule has 0 bridgehead atoms. The summed E-state index contributed by atoms with van der Waals surface area (Å²) in [6.45, 7) is 2.95. The Morgan fingerprint density at radius 3 is 2.51 bits per heavy atom. The van der Waals surface area contributed by atoms with Crippen molar-refractivity contribution in [3.63, 3.8) is 0 Å². The number of ether oxygens (including phenoxy) is 3. The smallest absolute Gasteiger partial charge is 0.341 e. The first-order valence-corrected chi connectivity index (χ1v) is 13.8. The minimum atomic E-state index is -1.18. The van der Waals surface area contributed by atoms with Gasteiger partial charge in [-0.1, -0.05) is 40.6 Å². The monoisotopic (exact) mass is 654 g/mol. The number of carbonyl (C=O) groups is 2. The van der Waals surface area contributed by atoms with E-state index in [2.05, 4.69) is 20.9 Å². The Bertz CT molecular complexity index is 1670. The van der Waals surface area contributed by atoms with Crippen molar-refractivity contribution in [1.29, 1.82) is 0 Å². The third-order valence-electron chi connectivity index (χ3n) is 5.67. The van der Waals surface area contributed by atoms with Gasteiger partial charge < -0.3 is 19.3 Å². The van der Waals surface area contributed by atoms with Gasteiger partial charge in [-0.2, -0.15) is 0 Å². The summed E-state index contributed by atoms with van der Waals surface area (Å²) in [6.07, 6.45) is 1.59. The van der Waals surface area contributed by atoms with Crippen molar-refractivity contribution >= 4 is 68.5 Å². The SMILES string of the molecule is CCOC(=O)C1=C(C)N=c2s/c(=C\c3cc(Cl)c(OCC(=O)O)c(Cl)c3)c(=O)n2[C@@H]1c1ccc(OC)c(Br)c1. The first-order chi connectivity index (χ1) is 18.5. The number of rotatable bonds is 8.